The van der Waals surface area contributed by atoms with Gasteiger partial charge in [0.15, 0.2) is 0 Å². The molecule has 0 saturated heterocycles. The molecule has 0 heterocycles. The minimum absolute atomic E-state index is 0.0175. The van der Waals surface area contributed by atoms with E-state index < -0.39 is 6.04 Å². The van der Waals surface area contributed by atoms with Gasteiger partial charge in [0.25, 0.3) is 5.91 Å². The van der Waals surface area contributed by atoms with Crippen LogP contribution in [0.5, 0.6) is 0 Å². The van der Waals surface area contributed by atoms with Crippen LogP contribution in [0.4, 0.5) is 4.39 Å². The maximum Gasteiger partial charge on any atom is 0.251 e. The Balaban J connectivity index is 1.96. The van der Waals surface area contributed by atoms with Crippen LogP contribution in [0.2, 0.25) is 0 Å². The van der Waals surface area contributed by atoms with Gasteiger partial charge in [0.1, 0.15) is 11.9 Å². The fraction of sp³-hybridized carbons (Fsp3) is 0.333. The molecule has 2 aromatic carbocycles. The summed E-state index contributed by atoms with van der Waals surface area (Å²) >= 11 is 0. The molecule has 26 heavy (non-hydrogen) atoms. The summed E-state index contributed by atoms with van der Waals surface area (Å²) in [6, 6.07) is 14.7. The Kier molecular flexibility index (Phi) is 7.33. The van der Waals surface area contributed by atoms with Crippen LogP contribution in [0.25, 0.3) is 0 Å². The quantitative estimate of drug-likeness (QED) is 0.762. The number of carbonyl (C=O) groups is 2. The van der Waals surface area contributed by atoms with Gasteiger partial charge in [0, 0.05) is 12.1 Å². The number of rotatable bonds is 8. The average molecular weight is 356 g/mol. The van der Waals surface area contributed by atoms with Gasteiger partial charge in [0.05, 0.1) is 0 Å². The Hall–Kier alpha value is -2.69. The van der Waals surface area contributed by atoms with Crippen molar-refractivity contribution >= 4 is 11.8 Å². The van der Waals surface area contributed by atoms with Crippen molar-refractivity contribution in [3.8, 4) is 0 Å². The number of nitrogens with one attached hydrogen (secondary N) is 2. The van der Waals surface area contributed by atoms with E-state index in [2.05, 4.69) is 10.6 Å². The van der Waals surface area contributed by atoms with Crippen LogP contribution in [-0.2, 0) is 11.2 Å². The third-order valence-corrected chi connectivity index (χ3v) is 4.47. The first-order chi connectivity index (χ1) is 12.5. The summed E-state index contributed by atoms with van der Waals surface area (Å²) in [7, 11) is 0. The third kappa shape index (κ3) is 5.41. The van der Waals surface area contributed by atoms with Crippen LogP contribution in [-0.4, -0.2) is 24.4 Å². The van der Waals surface area contributed by atoms with Gasteiger partial charge in [-0.3, -0.25) is 9.59 Å². The average Bonchev–Trinajstić information content (AvgIpc) is 2.67. The molecular weight excluding hydrogens is 331 g/mol. The molecule has 2 amide bonds. The summed E-state index contributed by atoms with van der Waals surface area (Å²) in [6.07, 6.45) is 1.15. The van der Waals surface area contributed by atoms with Crippen molar-refractivity contribution in [1.29, 1.82) is 0 Å². The zero-order chi connectivity index (χ0) is 18.9. The lowest BCUT2D eigenvalue weighted by Crippen LogP contribution is -2.50. The first-order valence-corrected chi connectivity index (χ1v) is 8.90. The summed E-state index contributed by atoms with van der Waals surface area (Å²) in [6.45, 7) is 4.21. The van der Waals surface area contributed by atoms with Crippen molar-refractivity contribution in [2.24, 2.45) is 5.92 Å². The molecule has 2 rings (SSSR count). The predicted octanol–water partition coefficient (Wildman–Crippen LogP) is 3.33. The Bertz CT molecular complexity index is 734. The van der Waals surface area contributed by atoms with Gasteiger partial charge in [-0.2, -0.15) is 0 Å². The molecule has 0 radical (unpaired) electrons. The summed E-state index contributed by atoms with van der Waals surface area (Å²) in [5.41, 5.74) is 1.07. The number of carbonyl (C=O) groups excluding carboxylic acids is 2. The van der Waals surface area contributed by atoms with E-state index in [9.17, 15) is 14.0 Å². The summed E-state index contributed by atoms with van der Waals surface area (Å²) < 4.78 is 13.6. The van der Waals surface area contributed by atoms with Gasteiger partial charge < -0.3 is 10.6 Å². The van der Waals surface area contributed by atoms with Crippen molar-refractivity contribution in [1.82, 2.24) is 10.6 Å². The highest BCUT2D eigenvalue weighted by atomic mass is 19.1. The van der Waals surface area contributed by atoms with Crippen molar-refractivity contribution < 1.29 is 14.0 Å². The molecule has 0 bridgehead atoms. The molecule has 0 aliphatic carbocycles. The van der Waals surface area contributed by atoms with E-state index in [-0.39, 0.29) is 23.5 Å². The van der Waals surface area contributed by atoms with Crippen LogP contribution < -0.4 is 10.6 Å². The highest BCUT2D eigenvalue weighted by Crippen LogP contribution is 2.10. The van der Waals surface area contributed by atoms with E-state index in [0.717, 1.165) is 6.42 Å². The highest BCUT2D eigenvalue weighted by Gasteiger charge is 2.26. The number of benzene rings is 2. The molecule has 5 heteroatoms. The van der Waals surface area contributed by atoms with E-state index >= 15 is 0 Å². The van der Waals surface area contributed by atoms with Crippen LogP contribution >= 0.6 is 0 Å². The van der Waals surface area contributed by atoms with Crippen molar-refractivity contribution in [2.75, 3.05) is 6.54 Å². The molecular formula is C21H25FN2O2. The van der Waals surface area contributed by atoms with Gasteiger partial charge in [-0.05, 0) is 36.1 Å². The molecule has 0 fully saturated rings. The van der Waals surface area contributed by atoms with Crippen molar-refractivity contribution in [2.45, 2.75) is 32.7 Å². The van der Waals surface area contributed by atoms with Crippen molar-refractivity contribution in [3.63, 3.8) is 0 Å². The first-order valence-electron chi connectivity index (χ1n) is 8.90. The summed E-state index contributed by atoms with van der Waals surface area (Å²) in [5, 5.41) is 5.63. The maximum atomic E-state index is 13.6. The molecule has 0 spiro atoms. The Morgan fingerprint density at radius 3 is 2.35 bits per heavy atom. The molecule has 0 saturated carbocycles. The molecule has 0 aromatic heterocycles. The first kappa shape index (κ1) is 19.6. The normalized spacial score (nSPS) is 12.9. The monoisotopic (exact) mass is 356 g/mol. The predicted molar refractivity (Wildman–Crippen MR) is 100 cm³/mol. The van der Waals surface area contributed by atoms with Crippen molar-refractivity contribution in [3.05, 3.63) is 71.5 Å². The number of amides is 2. The van der Waals surface area contributed by atoms with E-state index in [0.29, 0.717) is 24.1 Å². The second kappa shape index (κ2) is 9.70. The molecule has 2 aromatic rings. The second-order valence-electron chi connectivity index (χ2n) is 6.34. The molecule has 4 nitrogen and oxygen atoms in total. The molecule has 0 aliphatic heterocycles. The van der Waals surface area contributed by atoms with Gasteiger partial charge >= 0.3 is 0 Å². The van der Waals surface area contributed by atoms with Crippen LogP contribution in [0.3, 0.4) is 0 Å². The minimum Gasteiger partial charge on any atom is -0.354 e. The van der Waals surface area contributed by atoms with Crippen LogP contribution in [0.15, 0.2) is 54.6 Å². The smallest absolute Gasteiger partial charge is 0.251 e. The zero-order valence-corrected chi connectivity index (χ0v) is 15.2. The highest BCUT2D eigenvalue weighted by molar-refractivity contribution is 5.97. The SMILES string of the molecule is CC[C@H](C)[C@H](NC(=O)c1ccccc1)C(=O)NCCc1ccccc1F. The summed E-state index contributed by atoms with van der Waals surface area (Å²) in [5.74, 6) is -0.825. The number of hydrogen-bond acceptors (Lipinski definition) is 2. The lowest BCUT2D eigenvalue weighted by atomic mass is 9.97. The Labute approximate surface area is 153 Å². The third-order valence-electron chi connectivity index (χ3n) is 4.47. The number of halogens is 1. The largest absolute Gasteiger partial charge is 0.354 e. The number of hydrogen-bond donors (Lipinski definition) is 2. The Morgan fingerprint density at radius 1 is 1.04 bits per heavy atom. The fourth-order valence-electron chi connectivity index (χ4n) is 2.65. The molecule has 2 atom stereocenters. The standard InChI is InChI=1S/C21H25FN2O2/c1-3-15(2)19(24-20(25)17-10-5-4-6-11-17)21(26)23-14-13-16-9-7-8-12-18(16)22/h4-12,15,19H,3,13-14H2,1-2H3,(H,23,26)(H,24,25)/t15-,19-/m0/s1. The molecule has 0 unspecified atom stereocenters. The lowest BCUT2D eigenvalue weighted by molar-refractivity contribution is -0.124. The fourth-order valence-corrected chi connectivity index (χ4v) is 2.65. The van der Waals surface area contributed by atoms with Crippen LogP contribution in [0, 0.1) is 11.7 Å². The molecule has 2 N–H and O–H groups in total. The maximum absolute atomic E-state index is 13.6. The minimum atomic E-state index is -0.631. The van der Waals surface area contributed by atoms with Gasteiger partial charge in [0.2, 0.25) is 5.91 Å². The summed E-state index contributed by atoms with van der Waals surface area (Å²) in [4.78, 5) is 24.9. The van der Waals surface area contributed by atoms with E-state index in [1.807, 2.05) is 19.9 Å². The van der Waals surface area contributed by atoms with Crippen LogP contribution in [0.1, 0.15) is 36.2 Å². The van der Waals surface area contributed by atoms with Gasteiger partial charge in [-0.1, -0.05) is 56.7 Å². The van der Waals surface area contributed by atoms with E-state index in [1.54, 1.807) is 42.5 Å². The van der Waals surface area contributed by atoms with Gasteiger partial charge in [-0.15, -0.1) is 0 Å². The van der Waals surface area contributed by atoms with E-state index in [4.69, 9.17) is 0 Å². The zero-order valence-electron chi connectivity index (χ0n) is 15.2. The Morgan fingerprint density at radius 2 is 1.69 bits per heavy atom. The lowest BCUT2D eigenvalue weighted by Gasteiger charge is -2.23. The second-order valence-corrected chi connectivity index (χ2v) is 6.34. The van der Waals surface area contributed by atoms with Gasteiger partial charge in [-0.25, -0.2) is 4.39 Å². The molecule has 138 valence electrons. The van der Waals surface area contributed by atoms with E-state index in [1.165, 1.54) is 6.07 Å². The topological polar surface area (TPSA) is 58.2 Å². The molecule has 0 aliphatic rings.